The molecule has 0 rings (SSSR count). The zero-order chi connectivity index (χ0) is 14.0. The molecule has 0 aliphatic heterocycles. The molecule has 0 saturated carbocycles. The van der Waals surface area contributed by atoms with E-state index in [0.29, 0.717) is 0 Å². The molecular formula is C14H32N2O. The molecule has 3 nitrogen and oxygen atoms in total. The summed E-state index contributed by atoms with van der Waals surface area (Å²) in [6, 6.07) is 0. The van der Waals surface area contributed by atoms with Crippen LogP contribution < -0.4 is 5.73 Å². The van der Waals surface area contributed by atoms with Crippen LogP contribution in [0.5, 0.6) is 0 Å². The summed E-state index contributed by atoms with van der Waals surface area (Å²) < 4.78 is 0. The molecule has 17 heavy (non-hydrogen) atoms. The van der Waals surface area contributed by atoms with Gasteiger partial charge in [0.15, 0.2) is 0 Å². The third kappa shape index (κ3) is 3.21. The van der Waals surface area contributed by atoms with E-state index in [4.69, 9.17) is 5.73 Å². The fraction of sp³-hybridized carbons (Fsp3) is 1.00. The average molecular weight is 244 g/mol. The van der Waals surface area contributed by atoms with Gasteiger partial charge in [-0.05, 0) is 38.8 Å². The number of hydrogen-bond acceptors (Lipinski definition) is 3. The molecule has 0 radical (unpaired) electrons. The first kappa shape index (κ1) is 16.9. The lowest BCUT2D eigenvalue weighted by Gasteiger charge is -2.51. The Morgan fingerprint density at radius 3 is 1.65 bits per heavy atom. The first-order chi connectivity index (χ1) is 7.47. The molecule has 0 saturated heterocycles. The quantitative estimate of drug-likeness (QED) is 0.751. The van der Waals surface area contributed by atoms with Crippen molar-refractivity contribution in [3.8, 4) is 0 Å². The van der Waals surface area contributed by atoms with Crippen LogP contribution in [0.2, 0.25) is 0 Å². The topological polar surface area (TPSA) is 49.5 Å². The standard InChI is InChI=1S/C14H32N2O/c1-10(2)14(17,11(3)4)13(6,15)12(5)9-16(7)8/h10-12,17H,9,15H2,1-8H3. The Balaban J connectivity index is 5.22. The van der Waals surface area contributed by atoms with Crippen molar-refractivity contribution in [3.63, 3.8) is 0 Å². The van der Waals surface area contributed by atoms with Crippen LogP contribution in [0, 0.1) is 17.8 Å². The monoisotopic (exact) mass is 244 g/mol. The molecule has 0 aromatic rings. The van der Waals surface area contributed by atoms with E-state index in [2.05, 4.69) is 11.8 Å². The van der Waals surface area contributed by atoms with Crippen LogP contribution in [0.25, 0.3) is 0 Å². The Morgan fingerprint density at radius 2 is 1.41 bits per heavy atom. The summed E-state index contributed by atoms with van der Waals surface area (Å²) in [7, 11) is 4.08. The summed E-state index contributed by atoms with van der Waals surface area (Å²) >= 11 is 0. The maximum Gasteiger partial charge on any atom is 0.0872 e. The SMILES string of the molecule is CC(CN(C)C)C(C)(N)C(O)(C(C)C)C(C)C. The Kier molecular flexibility index (Phi) is 5.64. The van der Waals surface area contributed by atoms with E-state index < -0.39 is 11.1 Å². The molecule has 0 amide bonds. The molecule has 0 aromatic heterocycles. The lowest BCUT2D eigenvalue weighted by Crippen LogP contribution is -2.68. The van der Waals surface area contributed by atoms with E-state index in [-0.39, 0.29) is 17.8 Å². The highest BCUT2D eigenvalue weighted by Gasteiger charge is 2.51. The Bertz CT molecular complexity index is 226. The van der Waals surface area contributed by atoms with Gasteiger partial charge in [0.1, 0.15) is 0 Å². The van der Waals surface area contributed by atoms with Crippen molar-refractivity contribution in [1.29, 1.82) is 0 Å². The Hall–Kier alpha value is -0.120. The molecule has 0 spiro atoms. The number of aliphatic hydroxyl groups is 1. The zero-order valence-electron chi connectivity index (χ0n) is 12.9. The second-order valence-corrected chi connectivity index (χ2v) is 6.58. The van der Waals surface area contributed by atoms with Crippen molar-refractivity contribution in [2.24, 2.45) is 23.5 Å². The molecule has 0 aromatic carbocycles. The highest BCUT2D eigenvalue weighted by Crippen LogP contribution is 2.39. The van der Waals surface area contributed by atoms with Crippen LogP contribution in [-0.2, 0) is 0 Å². The van der Waals surface area contributed by atoms with Crippen LogP contribution in [-0.4, -0.2) is 41.8 Å². The molecule has 104 valence electrons. The van der Waals surface area contributed by atoms with E-state index in [1.807, 2.05) is 48.7 Å². The van der Waals surface area contributed by atoms with E-state index in [1.165, 1.54) is 0 Å². The van der Waals surface area contributed by atoms with Gasteiger partial charge in [-0.2, -0.15) is 0 Å². The lowest BCUT2D eigenvalue weighted by atomic mass is 9.63. The second-order valence-electron chi connectivity index (χ2n) is 6.58. The van der Waals surface area contributed by atoms with Gasteiger partial charge in [-0.1, -0.05) is 34.6 Å². The highest BCUT2D eigenvalue weighted by atomic mass is 16.3. The van der Waals surface area contributed by atoms with Gasteiger partial charge < -0.3 is 15.7 Å². The molecule has 2 atom stereocenters. The first-order valence-corrected chi connectivity index (χ1v) is 6.63. The van der Waals surface area contributed by atoms with Crippen LogP contribution in [0.1, 0.15) is 41.5 Å². The third-order valence-corrected chi connectivity index (χ3v) is 4.29. The fourth-order valence-corrected chi connectivity index (χ4v) is 3.04. The van der Waals surface area contributed by atoms with Crippen LogP contribution >= 0.6 is 0 Å². The predicted molar refractivity (Wildman–Crippen MR) is 74.9 cm³/mol. The van der Waals surface area contributed by atoms with Crippen molar-refractivity contribution in [2.45, 2.75) is 52.7 Å². The highest BCUT2D eigenvalue weighted by molar-refractivity contribution is 5.07. The van der Waals surface area contributed by atoms with Gasteiger partial charge in [0.05, 0.1) is 5.60 Å². The van der Waals surface area contributed by atoms with Gasteiger partial charge in [0.25, 0.3) is 0 Å². The van der Waals surface area contributed by atoms with Crippen LogP contribution in [0.3, 0.4) is 0 Å². The van der Waals surface area contributed by atoms with Gasteiger partial charge in [-0.25, -0.2) is 0 Å². The summed E-state index contributed by atoms with van der Waals surface area (Å²) in [6.07, 6.45) is 0. The summed E-state index contributed by atoms with van der Waals surface area (Å²) in [6.45, 7) is 13.2. The average Bonchev–Trinajstić information content (AvgIpc) is 2.14. The molecule has 3 N–H and O–H groups in total. The van der Waals surface area contributed by atoms with E-state index in [1.54, 1.807) is 0 Å². The first-order valence-electron chi connectivity index (χ1n) is 6.63. The molecule has 0 heterocycles. The van der Waals surface area contributed by atoms with Crippen LogP contribution in [0.4, 0.5) is 0 Å². The second kappa shape index (κ2) is 5.68. The molecule has 2 unspecified atom stereocenters. The minimum Gasteiger partial charge on any atom is -0.387 e. The molecular weight excluding hydrogens is 212 g/mol. The summed E-state index contributed by atoms with van der Waals surface area (Å²) in [5.41, 5.74) is 5.07. The van der Waals surface area contributed by atoms with Crippen molar-refractivity contribution >= 4 is 0 Å². The van der Waals surface area contributed by atoms with Crippen LogP contribution in [0.15, 0.2) is 0 Å². The van der Waals surface area contributed by atoms with E-state index in [9.17, 15) is 5.11 Å². The number of nitrogens with zero attached hydrogens (tertiary/aromatic N) is 1. The van der Waals surface area contributed by atoms with Crippen molar-refractivity contribution in [3.05, 3.63) is 0 Å². The molecule has 0 aliphatic rings. The Labute approximate surface area is 107 Å². The molecule has 0 fully saturated rings. The number of rotatable bonds is 6. The third-order valence-electron chi connectivity index (χ3n) is 4.29. The van der Waals surface area contributed by atoms with Gasteiger partial charge in [0, 0.05) is 12.1 Å². The maximum atomic E-state index is 11.0. The van der Waals surface area contributed by atoms with Crippen molar-refractivity contribution in [1.82, 2.24) is 4.90 Å². The van der Waals surface area contributed by atoms with Gasteiger partial charge >= 0.3 is 0 Å². The Morgan fingerprint density at radius 1 is 1.06 bits per heavy atom. The van der Waals surface area contributed by atoms with E-state index >= 15 is 0 Å². The zero-order valence-corrected chi connectivity index (χ0v) is 12.9. The largest absolute Gasteiger partial charge is 0.387 e. The minimum atomic E-state index is -0.845. The molecule has 0 aliphatic carbocycles. The van der Waals surface area contributed by atoms with Crippen molar-refractivity contribution < 1.29 is 5.11 Å². The fourth-order valence-electron chi connectivity index (χ4n) is 3.04. The smallest absolute Gasteiger partial charge is 0.0872 e. The number of nitrogens with two attached hydrogens (primary N) is 1. The van der Waals surface area contributed by atoms with Gasteiger partial charge in [-0.3, -0.25) is 0 Å². The van der Waals surface area contributed by atoms with E-state index in [0.717, 1.165) is 6.54 Å². The molecule has 3 heteroatoms. The number of hydrogen-bond donors (Lipinski definition) is 2. The van der Waals surface area contributed by atoms with Gasteiger partial charge in [-0.15, -0.1) is 0 Å². The van der Waals surface area contributed by atoms with Gasteiger partial charge in [0.2, 0.25) is 0 Å². The summed E-state index contributed by atoms with van der Waals surface area (Å²) in [5.74, 6) is 0.511. The van der Waals surface area contributed by atoms with Crippen molar-refractivity contribution in [2.75, 3.05) is 20.6 Å². The lowest BCUT2D eigenvalue weighted by molar-refractivity contribution is -0.122. The molecule has 0 bridgehead atoms. The normalized spacial score (nSPS) is 18.9. The predicted octanol–water partition coefficient (Wildman–Crippen LogP) is 1.94. The minimum absolute atomic E-state index is 0.141. The summed E-state index contributed by atoms with van der Waals surface area (Å²) in [5, 5.41) is 11.0. The maximum absolute atomic E-state index is 11.0. The summed E-state index contributed by atoms with van der Waals surface area (Å²) in [4.78, 5) is 2.12.